The van der Waals surface area contributed by atoms with Gasteiger partial charge < -0.3 is 14.2 Å². The van der Waals surface area contributed by atoms with E-state index in [0.29, 0.717) is 5.15 Å². The predicted octanol–water partition coefficient (Wildman–Crippen LogP) is 4.66. The largest absolute Gasteiger partial charge is 0.444 e. The van der Waals surface area contributed by atoms with Crippen LogP contribution in [-0.2, 0) is 11.8 Å². The Hall–Kier alpha value is -2.54. The van der Waals surface area contributed by atoms with Crippen molar-refractivity contribution in [2.24, 2.45) is 7.05 Å². The van der Waals surface area contributed by atoms with Gasteiger partial charge in [-0.05, 0) is 45.7 Å². The molecule has 0 aromatic carbocycles. The first-order valence-electron chi connectivity index (χ1n) is 9.74. The van der Waals surface area contributed by atoms with Crippen molar-refractivity contribution in [1.82, 2.24) is 24.2 Å². The summed E-state index contributed by atoms with van der Waals surface area (Å²) in [4.78, 5) is 18.6. The van der Waals surface area contributed by atoms with E-state index in [1.54, 1.807) is 16.6 Å². The van der Waals surface area contributed by atoms with Crippen LogP contribution in [0.4, 0.5) is 4.79 Å². The Balaban J connectivity index is 1.58. The molecule has 0 unspecified atom stereocenters. The molecule has 1 aliphatic carbocycles. The van der Waals surface area contributed by atoms with Crippen LogP contribution in [0.5, 0.6) is 0 Å². The second-order valence-electron chi connectivity index (χ2n) is 8.73. The standard InChI is InChI=1S/C21H26ClN5O2/c1-21(2,3)29-20(28)26(5)14-8-15(9-14)27-12-17(13-10-23-25(4)11-13)16-6-7-18(22)24-19(16)27/h6-7,10-12,14-15H,8-9H2,1-5H3/t14-,15-. The molecule has 3 aromatic rings. The summed E-state index contributed by atoms with van der Waals surface area (Å²) in [5.74, 6) is 0. The number of pyridine rings is 1. The van der Waals surface area contributed by atoms with E-state index in [1.807, 2.05) is 52.3 Å². The van der Waals surface area contributed by atoms with Crippen LogP contribution in [0.15, 0.2) is 30.7 Å². The Morgan fingerprint density at radius 3 is 2.62 bits per heavy atom. The minimum atomic E-state index is -0.496. The van der Waals surface area contributed by atoms with Gasteiger partial charge in [-0.1, -0.05) is 11.6 Å². The summed E-state index contributed by atoms with van der Waals surface area (Å²) in [6, 6.07) is 4.22. The van der Waals surface area contributed by atoms with E-state index in [-0.39, 0.29) is 18.2 Å². The number of halogens is 1. The third-order valence-corrected chi connectivity index (χ3v) is 5.58. The molecule has 0 aliphatic heterocycles. The van der Waals surface area contributed by atoms with E-state index < -0.39 is 5.60 Å². The molecular formula is C21H26ClN5O2. The summed E-state index contributed by atoms with van der Waals surface area (Å²) < 4.78 is 9.46. The van der Waals surface area contributed by atoms with E-state index in [4.69, 9.17) is 16.3 Å². The highest BCUT2D eigenvalue weighted by Crippen LogP contribution is 2.41. The Morgan fingerprint density at radius 1 is 1.28 bits per heavy atom. The van der Waals surface area contributed by atoms with Crippen molar-refractivity contribution in [3.63, 3.8) is 0 Å². The molecule has 29 heavy (non-hydrogen) atoms. The number of ether oxygens (including phenoxy) is 1. The zero-order valence-electron chi connectivity index (χ0n) is 17.4. The van der Waals surface area contributed by atoms with Crippen molar-refractivity contribution >= 4 is 28.7 Å². The van der Waals surface area contributed by atoms with Crippen LogP contribution >= 0.6 is 11.6 Å². The summed E-state index contributed by atoms with van der Waals surface area (Å²) in [5, 5.41) is 5.81. The molecule has 1 aliphatic rings. The number of nitrogens with zero attached hydrogens (tertiary/aromatic N) is 5. The van der Waals surface area contributed by atoms with E-state index in [9.17, 15) is 4.79 Å². The zero-order valence-corrected chi connectivity index (χ0v) is 18.1. The molecule has 0 bridgehead atoms. The van der Waals surface area contributed by atoms with Gasteiger partial charge in [0.15, 0.2) is 0 Å². The van der Waals surface area contributed by atoms with E-state index in [2.05, 4.69) is 20.8 Å². The fraction of sp³-hybridized carbons (Fsp3) is 0.476. The topological polar surface area (TPSA) is 65.2 Å². The number of carbonyl (C=O) groups is 1. The van der Waals surface area contributed by atoms with Crippen LogP contribution in [0.2, 0.25) is 5.15 Å². The van der Waals surface area contributed by atoms with Crippen LogP contribution < -0.4 is 0 Å². The van der Waals surface area contributed by atoms with Crippen LogP contribution in [-0.4, -0.2) is 49.0 Å². The molecule has 0 radical (unpaired) electrons. The lowest BCUT2D eigenvalue weighted by molar-refractivity contribution is 0.00810. The molecular weight excluding hydrogens is 390 g/mol. The maximum Gasteiger partial charge on any atom is 0.410 e. The second-order valence-corrected chi connectivity index (χ2v) is 9.12. The quantitative estimate of drug-likeness (QED) is 0.583. The Labute approximate surface area is 175 Å². The maximum atomic E-state index is 12.3. The Bertz CT molecular complexity index is 1060. The van der Waals surface area contributed by atoms with Gasteiger partial charge in [0, 0.05) is 55.1 Å². The third-order valence-electron chi connectivity index (χ3n) is 5.37. The normalized spacial score (nSPS) is 19.2. The molecule has 3 heterocycles. The van der Waals surface area contributed by atoms with Gasteiger partial charge >= 0.3 is 6.09 Å². The fourth-order valence-corrected chi connectivity index (χ4v) is 3.90. The van der Waals surface area contributed by atoms with Crippen molar-refractivity contribution in [1.29, 1.82) is 0 Å². The molecule has 1 saturated carbocycles. The highest BCUT2D eigenvalue weighted by Gasteiger charge is 2.37. The monoisotopic (exact) mass is 415 g/mol. The first kappa shape index (κ1) is 19.8. The van der Waals surface area contributed by atoms with Crippen LogP contribution in [0, 0.1) is 0 Å². The van der Waals surface area contributed by atoms with E-state index in [0.717, 1.165) is 35.0 Å². The van der Waals surface area contributed by atoms with E-state index >= 15 is 0 Å². The Morgan fingerprint density at radius 2 is 2.00 bits per heavy atom. The summed E-state index contributed by atoms with van der Waals surface area (Å²) in [5.41, 5.74) is 2.49. The van der Waals surface area contributed by atoms with Gasteiger partial charge in [0.1, 0.15) is 16.4 Å². The zero-order chi connectivity index (χ0) is 20.9. The molecule has 4 rings (SSSR count). The third kappa shape index (κ3) is 3.83. The highest BCUT2D eigenvalue weighted by molar-refractivity contribution is 6.29. The molecule has 7 nitrogen and oxygen atoms in total. The van der Waals surface area contributed by atoms with Crippen LogP contribution in [0.25, 0.3) is 22.2 Å². The molecule has 0 spiro atoms. The van der Waals surface area contributed by atoms with Gasteiger partial charge in [-0.25, -0.2) is 9.78 Å². The summed E-state index contributed by atoms with van der Waals surface area (Å²) in [6.45, 7) is 5.64. The average Bonchev–Trinajstić information content (AvgIpc) is 3.16. The average molecular weight is 416 g/mol. The van der Waals surface area contributed by atoms with Crippen molar-refractivity contribution in [2.45, 2.75) is 51.3 Å². The number of hydrogen-bond donors (Lipinski definition) is 0. The maximum absolute atomic E-state index is 12.3. The fourth-order valence-electron chi connectivity index (χ4n) is 3.76. The van der Waals surface area contributed by atoms with Gasteiger partial charge in [-0.3, -0.25) is 4.68 Å². The van der Waals surface area contributed by atoms with Gasteiger partial charge in [0.2, 0.25) is 0 Å². The molecule has 0 atom stereocenters. The summed E-state index contributed by atoms with van der Waals surface area (Å²) >= 11 is 6.19. The van der Waals surface area contributed by atoms with Gasteiger partial charge in [0.25, 0.3) is 0 Å². The molecule has 8 heteroatoms. The smallest absolute Gasteiger partial charge is 0.410 e. The SMILES string of the molecule is Cn1cc(-c2cn([C@H]3C[C@H](N(C)C(=O)OC(C)(C)C)C3)c3nc(Cl)ccc23)cn1. The lowest BCUT2D eigenvalue weighted by atomic mass is 9.85. The first-order valence-corrected chi connectivity index (χ1v) is 10.1. The molecule has 1 fully saturated rings. The highest BCUT2D eigenvalue weighted by atomic mass is 35.5. The minimum Gasteiger partial charge on any atom is -0.444 e. The number of hydrogen-bond acceptors (Lipinski definition) is 4. The number of amides is 1. The number of carbonyl (C=O) groups excluding carboxylic acids is 1. The van der Waals surface area contributed by atoms with Crippen molar-refractivity contribution < 1.29 is 9.53 Å². The second kappa shape index (κ2) is 7.06. The van der Waals surface area contributed by atoms with Crippen molar-refractivity contribution in [3.05, 3.63) is 35.9 Å². The Kier molecular flexibility index (Phi) is 4.81. The number of aryl methyl sites for hydroxylation is 1. The minimum absolute atomic E-state index is 0.147. The molecule has 0 saturated heterocycles. The predicted molar refractivity (Wildman–Crippen MR) is 113 cm³/mol. The summed E-state index contributed by atoms with van der Waals surface area (Å²) in [6.07, 6.45) is 7.39. The van der Waals surface area contributed by atoms with Gasteiger partial charge in [-0.15, -0.1) is 0 Å². The number of rotatable bonds is 3. The molecule has 154 valence electrons. The lowest BCUT2D eigenvalue weighted by Gasteiger charge is -2.42. The first-order chi connectivity index (χ1) is 13.6. The lowest BCUT2D eigenvalue weighted by Crippen LogP contribution is -2.47. The van der Waals surface area contributed by atoms with Crippen LogP contribution in [0.1, 0.15) is 39.7 Å². The molecule has 1 amide bonds. The molecule has 3 aromatic heterocycles. The van der Waals surface area contributed by atoms with Gasteiger partial charge in [-0.2, -0.15) is 5.10 Å². The number of aromatic nitrogens is 4. The van der Waals surface area contributed by atoms with Gasteiger partial charge in [0.05, 0.1) is 6.20 Å². The van der Waals surface area contributed by atoms with Crippen molar-refractivity contribution in [3.8, 4) is 11.1 Å². The molecule has 0 N–H and O–H groups in total. The van der Waals surface area contributed by atoms with Crippen molar-refractivity contribution in [2.75, 3.05) is 7.05 Å². The summed E-state index contributed by atoms with van der Waals surface area (Å²) in [7, 11) is 3.71. The van der Waals surface area contributed by atoms with Crippen LogP contribution in [0.3, 0.4) is 0 Å². The number of fused-ring (bicyclic) bond motifs is 1. The van der Waals surface area contributed by atoms with E-state index in [1.165, 1.54) is 0 Å².